The van der Waals surface area contributed by atoms with Gasteiger partial charge in [-0.2, -0.15) is 0 Å². The molecule has 0 aliphatic heterocycles. The third kappa shape index (κ3) is 4.15. The number of amides is 1. The molecule has 0 fully saturated rings. The van der Waals surface area contributed by atoms with Crippen LogP contribution in [0.15, 0.2) is 30.3 Å². The molecule has 2 N–H and O–H groups in total. The highest BCUT2D eigenvalue weighted by molar-refractivity contribution is 5.76. The number of benzene rings is 1. The van der Waals surface area contributed by atoms with Gasteiger partial charge in [0.05, 0.1) is 0 Å². The van der Waals surface area contributed by atoms with Crippen molar-refractivity contribution < 1.29 is 4.79 Å². The van der Waals surface area contributed by atoms with Crippen LogP contribution in [0.4, 0.5) is 0 Å². The van der Waals surface area contributed by atoms with Gasteiger partial charge in [0.15, 0.2) is 0 Å². The predicted molar refractivity (Wildman–Crippen MR) is 75.1 cm³/mol. The summed E-state index contributed by atoms with van der Waals surface area (Å²) in [6.45, 7) is 4.15. The highest BCUT2D eigenvalue weighted by atomic mass is 16.2. The molecule has 3 heteroatoms. The van der Waals surface area contributed by atoms with Crippen LogP contribution >= 0.6 is 0 Å². The SMILES string of the molecule is CCC(C)N(C)C(=O)CCC(N)c1ccccc1. The minimum Gasteiger partial charge on any atom is -0.343 e. The summed E-state index contributed by atoms with van der Waals surface area (Å²) >= 11 is 0. The molecule has 2 unspecified atom stereocenters. The van der Waals surface area contributed by atoms with Gasteiger partial charge < -0.3 is 10.6 Å². The van der Waals surface area contributed by atoms with Crippen molar-refractivity contribution in [2.24, 2.45) is 5.73 Å². The molecule has 0 bridgehead atoms. The lowest BCUT2D eigenvalue weighted by molar-refractivity contribution is -0.131. The molecular formula is C15H24N2O. The van der Waals surface area contributed by atoms with E-state index in [2.05, 4.69) is 13.8 Å². The largest absolute Gasteiger partial charge is 0.343 e. The van der Waals surface area contributed by atoms with Crippen LogP contribution in [0.5, 0.6) is 0 Å². The zero-order chi connectivity index (χ0) is 13.5. The van der Waals surface area contributed by atoms with Crippen molar-refractivity contribution in [2.75, 3.05) is 7.05 Å². The predicted octanol–water partition coefficient (Wildman–Crippen LogP) is 2.72. The zero-order valence-electron chi connectivity index (χ0n) is 11.6. The molecule has 1 aromatic carbocycles. The Morgan fingerprint density at radius 1 is 1.33 bits per heavy atom. The van der Waals surface area contributed by atoms with E-state index in [1.807, 2.05) is 42.3 Å². The number of nitrogens with zero attached hydrogens (tertiary/aromatic N) is 1. The minimum absolute atomic E-state index is 0.0551. The number of hydrogen-bond acceptors (Lipinski definition) is 2. The second kappa shape index (κ2) is 7.17. The molecule has 0 saturated heterocycles. The van der Waals surface area contributed by atoms with Crippen molar-refractivity contribution in [1.29, 1.82) is 0 Å². The molecule has 0 aliphatic carbocycles. The summed E-state index contributed by atoms with van der Waals surface area (Å²) in [5.74, 6) is 0.177. The number of carbonyl (C=O) groups is 1. The molecule has 0 heterocycles. The molecule has 2 atom stereocenters. The maximum Gasteiger partial charge on any atom is 0.222 e. The van der Waals surface area contributed by atoms with Crippen molar-refractivity contribution in [3.8, 4) is 0 Å². The summed E-state index contributed by atoms with van der Waals surface area (Å²) in [6, 6.07) is 10.2. The molecule has 0 radical (unpaired) electrons. The average Bonchev–Trinajstić information content (AvgIpc) is 2.43. The molecule has 1 rings (SSSR count). The van der Waals surface area contributed by atoms with Gasteiger partial charge in [-0.25, -0.2) is 0 Å². The van der Waals surface area contributed by atoms with Gasteiger partial charge in [-0.1, -0.05) is 37.3 Å². The summed E-state index contributed by atoms with van der Waals surface area (Å²) in [5.41, 5.74) is 7.18. The highest BCUT2D eigenvalue weighted by Crippen LogP contribution is 2.16. The van der Waals surface area contributed by atoms with Crippen LogP contribution in [0.1, 0.15) is 44.7 Å². The molecule has 18 heavy (non-hydrogen) atoms. The molecule has 100 valence electrons. The molecule has 0 aromatic heterocycles. The first-order chi connectivity index (χ1) is 8.56. The van der Waals surface area contributed by atoms with Crippen molar-refractivity contribution >= 4 is 5.91 Å². The van der Waals surface area contributed by atoms with Gasteiger partial charge >= 0.3 is 0 Å². The molecule has 0 spiro atoms. The van der Waals surface area contributed by atoms with Crippen LogP contribution in [-0.2, 0) is 4.79 Å². The first-order valence-corrected chi connectivity index (χ1v) is 6.62. The first-order valence-electron chi connectivity index (χ1n) is 6.62. The van der Waals surface area contributed by atoms with E-state index in [0.717, 1.165) is 12.0 Å². The van der Waals surface area contributed by atoms with E-state index in [1.165, 1.54) is 0 Å². The number of hydrogen-bond donors (Lipinski definition) is 1. The summed E-state index contributed by atoms with van der Waals surface area (Å²) in [6.07, 6.45) is 2.19. The van der Waals surface area contributed by atoms with Gasteiger partial charge in [0.2, 0.25) is 5.91 Å². The van der Waals surface area contributed by atoms with Crippen LogP contribution < -0.4 is 5.73 Å². The molecule has 0 saturated carbocycles. The van der Waals surface area contributed by atoms with Crippen molar-refractivity contribution in [3.63, 3.8) is 0 Å². The molecule has 1 aromatic rings. The van der Waals surface area contributed by atoms with E-state index >= 15 is 0 Å². The Labute approximate surface area is 110 Å². The van der Waals surface area contributed by atoms with Crippen LogP contribution in [-0.4, -0.2) is 23.9 Å². The minimum atomic E-state index is -0.0551. The number of carbonyl (C=O) groups excluding carboxylic acids is 1. The van der Waals surface area contributed by atoms with Crippen LogP contribution in [0, 0.1) is 0 Å². The Hall–Kier alpha value is -1.35. The third-order valence-corrected chi connectivity index (χ3v) is 3.54. The number of nitrogens with two attached hydrogens (primary N) is 1. The smallest absolute Gasteiger partial charge is 0.222 e. The first kappa shape index (κ1) is 14.7. The Balaban J connectivity index is 2.43. The summed E-state index contributed by atoms with van der Waals surface area (Å²) in [4.78, 5) is 13.8. The fraction of sp³-hybridized carbons (Fsp3) is 0.533. The Morgan fingerprint density at radius 2 is 1.94 bits per heavy atom. The van der Waals surface area contributed by atoms with Crippen molar-refractivity contribution in [1.82, 2.24) is 4.90 Å². The van der Waals surface area contributed by atoms with Gasteiger partial charge in [-0.15, -0.1) is 0 Å². The van der Waals surface area contributed by atoms with E-state index in [0.29, 0.717) is 18.9 Å². The molecule has 1 amide bonds. The van der Waals surface area contributed by atoms with Gasteiger partial charge in [0.25, 0.3) is 0 Å². The van der Waals surface area contributed by atoms with E-state index in [1.54, 1.807) is 0 Å². The second-order valence-corrected chi connectivity index (χ2v) is 4.82. The normalized spacial score (nSPS) is 14.0. The Morgan fingerprint density at radius 3 is 2.50 bits per heavy atom. The van der Waals surface area contributed by atoms with Crippen LogP contribution in [0.25, 0.3) is 0 Å². The summed E-state index contributed by atoms with van der Waals surface area (Å²) in [5, 5.41) is 0. The maximum atomic E-state index is 11.9. The Bertz CT molecular complexity index is 364. The lowest BCUT2D eigenvalue weighted by Gasteiger charge is -2.24. The average molecular weight is 248 g/mol. The topological polar surface area (TPSA) is 46.3 Å². The lowest BCUT2D eigenvalue weighted by atomic mass is 10.0. The van der Waals surface area contributed by atoms with Gasteiger partial charge in [-0.05, 0) is 25.3 Å². The van der Waals surface area contributed by atoms with E-state index < -0.39 is 0 Å². The second-order valence-electron chi connectivity index (χ2n) is 4.82. The molecular weight excluding hydrogens is 224 g/mol. The van der Waals surface area contributed by atoms with E-state index in [-0.39, 0.29) is 11.9 Å². The van der Waals surface area contributed by atoms with Crippen LogP contribution in [0.2, 0.25) is 0 Å². The highest BCUT2D eigenvalue weighted by Gasteiger charge is 2.15. The van der Waals surface area contributed by atoms with E-state index in [9.17, 15) is 4.79 Å². The zero-order valence-corrected chi connectivity index (χ0v) is 11.6. The monoisotopic (exact) mass is 248 g/mol. The standard InChI is InChI=1S/C15H24N2O/c1-4-12(2)17(3)15(18)11-10-14(16)13-8-6-5-7-9-13/h5-9,12,14H,4,10-11,16H2,1-3H3. The fourth-order valence-electron chi connectivity index (χ4n) is 1.84. The van der Waals surface area contributed by atoms with Crippen molar-refractivity contribution in [3.05, 3.63) is 35.9 Å². The fourth-order valence-corrected chi connectivity index (χ4v) is 1.84. The third-order valence-electron chi connectivity index (χ3n) is 3.54. The quantitative estimate of drug-likeness (QED) is 0.841. The number of rotatable bonds is 6. The van der Waals surface area contributed by atoms with Crippen molar-refractivity contribution in [2.45, 2.75) is 45.2 Å². The van der Waals surface area contributed by atoms with Crippen LogP contribution in [0.3, 0.4) is 0 Å². The molecule has 0 aliphatic rings. The Kier molecular flexibility index (Phi) is 5.86. The van der Waals surface area contributed by atoms with E-state index in [4.69, 9.17) is 5.73 Å². The summed E-state index contributed by atoms with van der Waals surface area (Å²) < 4.78 is 0. The maximum absolute atomic E-state index is 11.9. The van der Waals surface area contributed by atoms with Gasteiger partial charge in [0.1, 0.15) is 0 Å². The van der Waals surface area contributed by atoms with Gasteiger partial charge in [0, 0.05) is 25.6 Å². The lowest BCUT2D eigenvalue weighted by Crippen LogP contribution is -2.34. The summed E-state index contributed by atoms with van der Waals surface area (Å²) in [7, 11) is 1.87. The van der Waals surface area contributed by atoms with Gasteiger partial charge in [-0.3, -0.25) is 4.79 Å². The molecule has 3 nitrogen and oxygen atoms in total.